The SMILES string of the molecule is COCCN(C)[C@@H](C)c1ccc(S(N)(=O)=O)cc1. The molecule has 0 unspecified atom stereocenters. The first-order valence-corrected chi connectivity index (χ1v) is 7.23. The van der Waals surface area contributed by atoms with Crippen LogP contribution in [-0.4, -0.2) is 40.6 Å². The van der Waals surface area contributed by atoms with E-state index >= 15 is 0 Å². The summed E-state index contributed by atoms with van der Waals surface area (Å²) in [7, 11) is 0.0501. The Kier molecular flexibility index (Phi) is 5.28. The van der Waals surface area contributed by atoms with E-state index in [1.165, 1.54) is 12.1 Å². The monoisotopic (exact) mass is 272 g/mol. The first-order chi connectivity index (χ1) is 8.36. The van der Waals surface area contributed by atoms with E-state index in [1.807, 2.05) is 7.05 Å². The van der Waals surface area contributed by atoms with E-state index in [0.717, 1.165) is 12.1 Å². The molecular weight excluding hydrogens is 252 g/mol. The van der Waals surface area contributed by atoms with Gasteiger partial charge in [0.05, 0.1) is 11.5 Å². The quantitative estimate of drug-likeness (QED) is 0.837. The molecule has 1 aromatic carbocycles. The summed E-state index contributed by atoms with van der Waals surface area (Å²) < 4.78 is 27.3. The minimum atomic E-state index is -3.61. The highest BCUT2D eigenvalue weighted by Crippen LogP contribution is 2.19. The van der Waals surface area contributed by atoms with E-state index in [2.05, 4.69) is 11.8 Å². The van der Waals surface area contributed by atoms with E-state index in [9.17, 15) is 8.42 Å². The summed E-state index contributed by atoms with van der Waals surface area (Å²) in [4.78, 5) is 2.27. The number of benzene rings is 1. The molecule has 1 rings (SSSR count). The van der Waals surface area contributed by atoms with Gasteiger partial charge in [-0.15, -0.1) is 0 Å². The molecular formula is C12H20N2O3S. The molecule has 2 N–H and O–H groups in total. The lowest BCUT2D eigenvalue weighted by Gasteiger charge is -2.24. The largest absolute Gasteiger partial charge is 0.383 e. The molecule has 0 aliphatic carbocycles. The fraction of sp³-hybridized carbons (Fsp3) is 0.500. The Hall–Kier alpha value is -0.950. The van der Waals surface area contributed by atoms with E-state index < -0.39 is 10.0 Å². The van der Waals surface area contributed by atoms with Gasteiger partial charge in [0.1, 0.15) is 0 Å². The fourth-order valence-corrected chi connectivity index (χ4v) is 2.13. The summed E-state index contributed by atoms with van der Waals surface area (Å²) in [6, 6.07) is 6.83. The van der Waals surface area contributed by atoms with Crippen molar-refractivity contribution >= 4 is 10.0 Å². The summed E-state index contributed by atoms with van der Waals surface area (Å²) in [6.45, 7) is 3.53. The average Bonchev–Trinajstić information content (AvgIpc) is 2.34. The van der Waals surface area contributed by atoms with Crippen LogP contribution in [0.15, 0.2) is 29.2 Å². The van der Waals surface area contributed by atoms with Crippen molar-refractivity contribution in [3.8, 4) is 0 Å². The number of hydrogen-bond donors (Lipinski definition) is 1. The highest BCUT2D eigenvalue weighted by atomic mass is 32.2. The lowest BCUT2D eigenvalue weighted by atomic mass is 10.1. The lowest BCUT2D eigenvalue weighted by Crippen LogP contribution is -2.26. The number of nitrogens with zero attached hydrogens (tertiary/aromatic N) is 1. The number of hydrogen-bond acceptors (Lipinski definition) is 4. The molecule has 6 heteroatoms. The number of methoxy groups -OCH3 is 1. The maximum Gasteiger partial charge on any atom is 0.238 e. The van der Waals surface area contributed by atoms with Crippen LogP contribution in [0.3, 0.4) is 0 Å². The number of rotatable bonds is 6. The predicted octanol–water partition coefficient (Wildman–Crippen LogP) is 0.973. The smallest absolute Gasteiger partial charge is 0.238 e. The molecule has 5 nitrogen and oxygen atoms in total. The molecule has 0 saturated carbocycles. The number of primary sulfonamides is 1. The Balaban J connectivity index is 2.79. The van der Waals surface area contributed by atoms with Crippen LogP contribution in [0.5, 0.6) is 0 Å². The molecule has 1 aromatic rings. The number of sulfonamides is 1. The molecule has 0 amide bonds. The number of nitrogens with two attached hydrogens (primary N) is 1. The van der Waals surface area contributed by atoms with E-state index in [0.29, 0.717) is 6.61 Å². The maximum atomic E-state index is 11.1. The normalized spacial score (nSPS) is 13.8. The van der Waals surface area contributed by atoms with Crippen molar-refractivity contribution in [3.05, 3.63) is 29.8 Å². The van der Waals surface area contributed by atoms with Gasteiger partial charge in [-0.3, -0.25) is 4.90 Å². The zero-order valence-electron chi connectivity index (χ0n) is 11.0. The minimum absolute atomic E-state index is 0.137. The molecule has 0 aromatic heterocycles. The molecule has 18 heavy (non-hydrogen) atoms. The zero-order chi connectivity index (χ0) is 13.8. The van der Waals surface area contributed by atoms with Gasteiger partial charge in [0.15, 0.2) is 0 Å². The number of likely N-dealkylation sites (N-methyl/N-ethyl adjacent to an activating group) is 1. The number of ether oxygens (including phenoxy) is 1. The van der Waals surface area contributed by atoms with Crippen molar-refractivity contribution in [2.45, 2.75) is 17.9 Å². The van der Waals surface area contributed by atoms with Crippen LogP contribution < -0.4 is 5.14 Å². The Bertz CT molecular complexity index is 471. The Labute approximate surface area is 109 Å². The third kappa shape index (κ3) is 4.06. The molecule has 0 fully saturated rings. The molecule has 0 radical (unpaired) electrons. The van der Waals surface area contributed by atoms with Crippen LogP contribution >= 0.6 is 0 Å². The first kappa shape index (κ1) is 15.1. The summed E-state index contributed by atoms with van der Waals surface area (Å²) in [5, 5.41) is 5.05. The lowest BCUT2D eigenvalue weighted by molar-refractivity contribution is 0.143. The second-order valence-corrected chi connectivity index (χ2v) is 5.82. The van der Waals surface area contributed by atoms with Crippen LogP contribution in [0.1, 0.15) is 18.5 Å². The average molecular weight is 272 g/mol. The second-order valence-electron chi connectivity index (χ2n) is 4.26. The van der Waals surface area contributed by atoms with Crippen molar-refractivity contribution < 1.29 is 13.2 Å². The summed E-state index contributed by atoms with van der Waals surface area (Å²) in [5.41, 5.74) is 1.04. The van der Waals surface area contributed by atoms with Gasteiger partial charge in [-0.2, -0.15) is 0 Å². The van der Waals surface area contributed by atoms with Crippen molar-refractivity contribution in [1.29, 1.82) is 0 Å². The standard InChI is InChI=1S/C12H20N2O3S/c1-10(14(2)8-9-17-3)11-4-6-12(7-5-11)18(13,15)16/h4-7,10H,8-9H2,1-3H3,(H2,13,15,16)/t10-/m0/s1. The van der Waals surface area contributed by atoms with Crippen LogP contribution in [-0.2, 0) is 14.8 Å². The predicted molar refractivity (Wildman–Crippen MR) is 70.7 cm³/mol. The van der Waals surface area contributed by atoms with Gasteiger partial charge in [-0.1, -0.05) is 12.1 Å². The molecule has 102 valence electrons. The van der Waals surface area contributed by atoms with Gasteiger partial charge < -0.3 is 4.74 Å². The highest BCUT2D eigenvalue weighted by Gasteiger charge is 2.13. The van der Waals surface area contributed by atoms with Gasteiger partial charge in [0, 0.05) is 19.7 Å². The van der Waals surface area contributed by atoms with Crippen LogP contribution in [0, 0.1) is 0 Å². The molecule has 0 aliphatic rings. The minimum Gasteiger partial charge on any atom is -0.383 e. The van der Waals surface area contributed by atoms with E-state index in [4.69, 9.17) is 9.88 Å². The topological polar surface area (TPSA) is 72.6 Å². The van der Waals surface area contributed by atoms with Gasteiger partial charge in [0.2, 0.25) is 10.0 Å². The van der Waals surface area contributed by atoms with Gasteiger partial charge in [-0.05, 0) is 31.7 Å². The summed E-state index contributed by atoms with van der Waals surface area (Å²) >= 11 is 0. The molecule has 0 saturated heterocycles. The summed E-state index contributed by atoms with van der Waals surface area (Å²) in [5.74, 6) is 0. The van der Waals surface area contributed by atoms with E-state index in [1.54, 1.807) is 19.2 Å². The van der Waals surface area contributed by atoms with Crippen molar-refractivity contribution in [2.75, 3.05) is 27.3 Å². The highest BCUT2D eigenvalue weighted by molar-refractivity contribution is 7.89. The molecule has 0 heterocycles. The van der Waals surface area contributed by atoms with Crippen LogP contribution in [0.4, 0.5) is 0 Å². The molecule has 0 aliphatic heterocycles. The fourth-order valence-electron chi connectivity index (χ4n) is 1.62. The molecule has 0 spiro atoms. The molecule has 0 bridgehead atoms. The summed E-state index contributed by atoms with van der Waals surface area (Å²) in [6.07, 6.45) is 0. The molecule has 1 atom stereocenters. The van der Waals surface area contributed by atoms with E-state index in [-0.39, 0.29) is 10.9 Å². The van der Waals surface area contributed by atoms with Crippen LogP contribution in [0.2, 0.25) is 0 Å². The van der Waals surface area contributed by atoms with Crippen molar-refractivity contribution in [3.63, 3.8) is 0 Å². The van der Waals surface area contributed by atoms with Gasteiger partial charge >= 0.3 is 0 Å². The van der Waals surface area contributed by atoms with Crippen molar-refractivity contribution in [2.24, 2.45) is 5.14 Å². The Morgan fingerprint density at radius 3 is 2.33 bits per heavy atom. The Morgan fingerprint density at radius 1 is 1.33 bits per heavy atom. The third-order valence-corrected chi connectivity index (χ3v) is 3.93. The second kappa shape index (κ2) is 6.29. The first-order valence-electron chi connectivity index (χ1n) is 5.68. The van der Waals surface area contributed by atoms with Crippen molar-refractivity contribution in [1.82, 2.24) is 4.90 Å². The third-order valence-electron chi connectivity index (χ3n) is 3.00. The Morgan fingerprint density at radius 2 is 1.89 bits per heavy atom. The van der Waals surface area contributed by atoms with Gasteiger partial charge in [-0.25, -0.2) is 13.6 Å². The van der Waals surface area contributed by atoms with Crippen LogP contribution in [0.25, 0.3) is 0 Å². The maximum absolute atomic E-state index is 11.1. The zero-order valence-corrected chi connectivity index (χ0v) is 11.8. The van der Waals surface area contributed by atoms with Gasteiger partial charge in [0.25, 0.3) is 0 Å².